The maximum atomic E-state index is 12.3. The summed E-state index contributed by atoms with van der Waals surface area (Å²) in [7, 11) is 1.39. The fourth-order valence-electron chi connectivity index (χ4n) is 2.38. The lowest BCUT2D eigenvalue weighted by Gasteiger charge is -2.29. The van der Waals surface area contributed by atoms with Crippen LogP contribution < -0.4 is 9.47 Å². The van der Waals surface area contributed by atoms with Crippen molar-refractivity contribution >= 4 is 28.0 Å². The minimum atomic E-state index is -1.22. The fourth-order valence-corrected chi connectivity index (χ4v) is 2.95. The van der Waals surface area contributed by atoms with E-state index in [0.29, 0.717) is 34.7 Å². The molecule has 0 aliphatic carbocycles. The third-order valence-corrected chi connectivity index (χ3v) is 4.03. The van der Waals surface area contributed by atoms with Crippen LogP contribution in [0.25, 0.3) is 0 Å². The van der Waals surface area contributed by atoms with Crippen molar-refractivity contribution in [3.8, 4) is 11.5 Å². The number of ether oxygens (including phenoxy) is 3. The van der Waals surface area contributed by atoms with Crippen LogP contribution in [0.3, 0.4) is 0 Å². The Bertz CT molecular complexity index is 670. The lowest BCUT2D eigenvalue weighted by Crippen LogP contribution is -2.39. The number of halogens is 1. The zero-order valence-electron chi connectivity index (χ0n) is 14.7. The van der Waals surface area contributed by atoms with Crippen LogP contribution >= 0.6 is 15.9 Å². The first kappa shape index (κ1) is 19.4. The van der Waals surface area contributed by atoms with Crippen LogP contribution in [0.2, 0.25) is 0 Å². The molecule has 0 aromatic heterocycles. The molecule has 1 heterocycles. The second-order valence-corrected chi connectivity index (χ2v) is 7.57. The molecule has 1 unspecified atom stereocenters. The highest BCUT2D eigenvalue weighted by molar-refractivity contribution is 9.10. The van der Waals surface area contributed by atoms with Crippen LogP contribution in [-0.2, 0) is 9.53 Å². The lowest BCUT2D eigenvalue weighted by atomic mass is 10.1. The van der Waals surface area contributed by atoms with E-state index in [-0.39, 0.29) is 0 Å². The number of carboxylic acid groups (broad SMARTS) is 1. The summed E-state index contributed by atoms with van der Waals surface area (Å²) in [5.41, 5.74) is -0.336. The molecule has 1 aromatic carbocycles. The van der Waals surface area contributed by atoms with Gasteiger partial charge in [0.05, 0.1) is 17.7 Å². The number of likely N-dealkylation sites (N-methyl/N-ethyl adjacent to an activating group) is 1. The normalized spacial score (nSPS) is 15.1. The quantitative estimate of drug-likeness (QED) is 0.811. The monoisotopic (exact) mass is 415 g/mol. The van der Waals surface area contributed by atoms with Crippen molar-refractivity contribution in [3.63, 3.8) is 0 Å². The first-order valence-corrected chi connectivity index (χ1v) is 8.67. The molecular weight excluding hydrogens is 394 g/mol. The van der Waals surface area contributed by atoms with Crippen molar-refractivity contribution in [2.45, 2.75) is 38.8 Å². The van der Waals surface area contributed by atoms with E-state index in [4.69, 9.17) is 14.2 Å². The lowest BCUT2D eigenvalue weighted by molar-refractivity contribution is -0.142. The zero-order chi connectivity index (χ0) is 18.8. The van der Waals surface area contributed by atoms with Gasteiger partial charge in [-0.05, 0) is 54.4 Å². The van der Waals surface area contributed by atoms with Crippen molar-refractivity contribution in [1.29, 1.82) is 0 Å². The van der Waals surface area contributed by atoms with Crippen molar-refractivity contribution in [1.82, 2.24) is 4.90 Å². The largest absolute Gasteiger partial charge is 0.490 e. The summed E-state index contributed by atoms with van der Waals surface area (Å²) in [5, 5.41) is 9.66. The molecule has 0 saturated carbocycles. The Morgan fingerprint density at radius 3 is 2.52 bits per heavy atom. The topological polar surface area (TPSA) is 85.3 Å². The van der Waals surface area contributed by atoms with Gasteiger partial charge in [0, 0.05) is 13.5 Å². The molecule has 1 aliphatic rings. The second-order valence-electron chi connectivity index (χ2n) is 6.71. The van der Waals surface area contributed by atoms with Crippen LogP contribution in [-0.4, -0.2) is 47.9 Å². The van der Waals surface area contributed by atoms with Gasteiger partial charge < -0.3 is 19.3 Å². The Morgan fingerprint density at radius 2 is 1.92 bits per heavy atom. The van der Waals surface area contributed by atoms with Crippen molar-refractivity contribution in [2.75, 3.05) is 20.3 Å². The highest BCUT2D eigenvalue weighted by atomic mass is 79.9. The summed E-state index contributed by atoms with van der Waals surface area (Å²) in [4.78, 5) is 25.2. The predicted molar refractivity (Wildman–Crippen MR) is 94.1 cm³/mol. The zero-order valence-corrected chi connectivity index (χ0v) is 16.3. The van der Waals surface area contributed by atoms with Crippen LogP contribution in [0.4, 0.5) is 4.79 Å². The number of amides is 1. The predicted octanol–water partition coefficient (Wildman–Crippen LogP) is 3.60. The molecule has 1 atom stereocenters. The van der Waals surface area contributed by atoms with E-state index in [9.17, 15) is 14.7 Å². The average Bonchev–Trinajstić information content (AvgIpc) is 2.71. The van der Waals surface area contributed by atoms with E-state index in [1.165, 1.54) is 7.05 Å². The molecule has 8 heteroatoms. The van der Waals surface area contributed by atoms with Gasteiger partial charge in [0.25, 0.3) is 0 Å². The SMILES string of the molecule is CN(C(=O)OC(C)(C)C)C(C(=O)O)c1cc(Br)c2c(c1)OCCCO2. The van der Waals surface area contributed by atoms with Crippen molar-refractivity contribution in [3.05, 3.63) is 22.2 Å². The molecule has 25 heavy (non-hydrogen) atoms. The van der Waals surface area contributed by atoms with E-state index >= 15 is 0 Å². The first-order chi connectivity index (χ1) is 11.6. The summed E-state index contributed by atoms with van der Waals surface area (Å²) in [6.07, 6.45) is 0.0134. The Hall–Kier alpha value is -1.96. The molecule has 138 valence electrons. The van der Waals surface area contributed by atoms with Gasteiger partial charge in [0.15, 0.2) is 17.5 Å². The molecule has 1 amide bonds. The van der Waals surface area contributed by atoms with Gasteiger partial charge in [-0.15, -0.1) is 0 Å². The Morgan fingerprint density at radius 1 is 1.28 bits per heavy atom. The van der Waals surface area contributed by atoms with Gasteiger partial charge >= 0.3 is 12.1 Å². The Labute approximate surface area is 155 Å². The van der Waals surface area contributed by atoms with E-state index in [1.54, 1.807) is 32.9 Å². The number of rotatable bonds is 3. The van der Waals surface area contributed by atoms with Crippen LogP contribution in [0.1, 0.15) is 38.8 Å². The molecule has 2 rings (SSSR count). The van der Waals surface area contributed by atoms with Crippen molar-refractivity contribution in [2.24, 2.45) is 0 Å². The van der Waals surface area contributed by atoms with Crippen LogP contribution in [0.15, 0.2) is 16.6 Å². The maximum absolute atomic E-state index is 12.3. The van der Waals surface area contributed by atoms with E-state index < -0.39 is 23.7 Å². The first-order valence-electron chi connectivity index (χ1n) is 7.88. The molecule has 0 spiro atoms. The van der Waals surface area contributed by atoms with Crippen LogP contribution in [0.5, 0.6) is 11.5 Å². The third-order valence-electron chi connectivity index (χ3n) is 3.44. The molecular formula is C17H22BrNO6. The highest BCUT2D eigenvalue weighted by Gasteiger charge is 2.33. The standard InChI is InChI=1S/C17H22BrNO6/c1-17(2,3)25-16(22)19(4)13(15(20)21)10-8-11(18)14-12(9-10)23-6-5-7-24-14/h8-9,13H,5-7H2,1-4H3,(H,20,21). The van der Waals surface area contributed by atoms with Gasteiger partial charge in [0.2, 0.25) is 0 Å². The Kier molecular flexibility index (Phi) is 5.82. The molecule has 1 aromatic rings. The van der Waals surface area contributed by atoms with Gasteiger partial charge in [0.1, 0.15) is 5.60 Å². The summed E-state index contributed by atoms with van der Waals surface area (Å²) in [6, 6.07) is 1.99. The summed E-state index contributed by atoms with van der Waals surface area (Å²) in [6.45, 7) is 6.16. The molecule has 1 N–H and O–H groups in total. The fraction of sp³-hybridized carbons (Fsp3) is 0.529. The van der Waals surface area contributed by atoms with Gasteiger partial charge in [-0.2, -0.15) is 0 Å². The number of nitrogens with zero attached hydrogens (tertiary/aromatic N) is 1. The Balaban J connectivity index is 2.37. The number of fused-ring (bicyclic) bond motifs is 1. The van der Waals surface area contributed by atoms with E-state index in [1.807, 2.05) is 0 Å². The third kappa shape index (κ3) is 4.78. The number of benzene rings is 1. The molecule has 0 bridgehead atoms. The molecule has 7 nitrogen and oxygen atoms in total. The summed E-state index contributed by atoms with van der Waals surface area (Å²) in [5.74, 6) is -0.189. The molecule has 0 radical (unpaired) electrons. The minimum absolute atomic E-state index is 0.386. The van der Waals surface area contributed by atoms with Gasteiger partial charge in [-0.25, -0.2) is 9.59 Å². The van der Waals surface area contributed by atoms with E-state index in [2.05, 4.69) is 15.9 Å². The smallest absolute Gasteiger partial charge is 0.411 e. The molecule has 0 saturated heterocycles. The number of carbonyl (C=O) groups is 2. The van der Waals surface area contributed by atoms with Gasteiger partial charge in [-0.3, -0.25) is 4.90 Å². The number of carbonyl (C=O) groups excluding carboxylic acids is 1. The number of carboxylic acids is 1. The highest BCUT2D eigenvalue weighted by Crippen LogP contribution is 2.40. The average molecular weight is 416 g/mol. The van der Waals surface area contributed by atoms with Crippen LogP contribution in [0, 0.1) is 0 Å². The van der Waals surface area contributed by atoms with Gasteiger partial charge in [-0.1, -0.05) is 0 Å². The summed E-state index contributed by atoms with van der Waals surface area (Å²) < 4.78 is 17.1. The number of hydrogen-bond donors (Lipinski definition) is 1. The van der Waals surface area contributed by atoms with E-state index in [0.717, 1.165) is 11.3 Å². The second kappa shape index (κ2) is 7.51. The number of aliphatic carboxylic acids is 1. The van der Waals surface area contributed by atoms with Crippen molar-refractivity contribution < 1.29 is 28.9 Å². The maximum Gasteiger partial charge on any atom is 0.411 e. The molecule has 0 fully saturated rings. The minimum Gasteiger partial charge on any atom is -0.490 e. The number of hydrogen-bond acceptors (Lipinski definition) is 5. The molecule has 1 aliphatic heterocycles. The summed E-state index contributed by atoms with van der Waals surface area (Å²) >= 11 is 3.39.